The van der Waals surface area contributed by atoms with Crippen molar-refractivity contribution in [2.24, 2.45) is 5.41 Å². The van der Waals surface area contributed by atoms with Crippen LogP contribution in [0.4, 0.5) is 0 Å². The number of nitrogens with zero attached hydrogens (tertiary/aromatic N) is 1. The smallest absolute Gasteiger partial charge is 0.248 e. The first-order valence-corrected chi connectivity index (χ1v) is 5.81. The van der Waals surface area contributed by atoms with Crippen molar-refractivity contribution in [3.63, 3.8) is 0 Å². The molecule has 1 unspecified atom stereocenters. The van der Waals surface area contributed by atoms with Crippen molar-refractivity contribution in [2.45, 2.75) is 33.3 Å². The third-order valence-corrected chi connectivity index (χ3v) is 2.60. The van der Waals surface area contributed by atoms with E-state index in [2.05, 4.69) is 20.8 Å². The fourth-order valence-electron chi connectivity index (χ4n) is 1.97. The number of carbonyl (C=O) groups is 1. The van der Waals surface area contributed by atoms with Gasteiger partial charge in [0, 0.05) is 20.2 Å². The topological polar surface area (TPSA) is 38.8 Å². The van der Waals surface area contributed by atoms with E-state index in [-0.39, 0.29) is 24.0 Å². The Morgan fingerprint density at radius 1 is 1.50 bits per heavy atom. The molecule has 0 radical (unpaired) electrons. The van der Waals surface area contributed by atoms with Gasteiger partial charge in [-0.15, -0.1) is 0 Å². The van der Waals surface area contributed by atoms with E-state index in [1.54, 1.807) is 7.11 Å². The van der Waals surface area contributed by atoms with Crippen LogP contribution in [-0.2, 0) is 14.3 Å². The second kappa shape index (κ2) is 5.64. The molecule has 0 aliphatic carbocycles. The Labute approximate surface area is 97.9 Å². The third kappa shape index (κ3) is 4.49. The highest BCUT2D eigenvalue weighted by Gasteiger charge is 2.27. The molecule has 4 nitrogen and oxygen atoms in total. The molecule has 1 amide bonds. The standard InChI is InChI=1S/C12H23NO3/c1-12(2,3)7-10-8-13(5-6-16-10)11(14)9-15-4/h10H,5-9H2,1-4H3. The normalized spacial score (nSPS) is 22.2. The third-order valence-electron chi connectivity index (χ3n) is 2.60. The Hall–Kier alpha value is -0.610. The first kappa shape index (κ1) is 13.5. The zero-order valence-electron chi connectivity index (χ0n) is 10.8. The molecular weight excluding hydrogens is 206 g/mol. The van der Waals surface area contributed by atoms with Gasteiger partial charge in [0.2, 0.25) is 5.91 Å². The number of methoxy groups -OCH3 is 1. The predicted octanol–water partition coefficient (Wildman–Crippen LogP) is 1.30. The molecule has 1 aliphatic heterocycles. The first-order valence-electron chi connectivity index (χ1n) is 5.81. The fourth-order valence-corrected chi connectivity index (χ4v) is 1.97. The second-order valence-electron chi connectivity index (χ2n) is 5.53. The highest BCUT2D eigenvalue weighted by molar-refractivity contribution is 5.77. The molecule has 4 heteroatoms. The molecule has 1 fully saturated rings. The lowest BCUT2D eigenvalue weighted by Crippen LogP contribution is -2.47. The molecule has 1 heterocycles. The number of morpholine rings is 1. The van der Waals surface area contributed by atoms with Crippen LogP contribution in [0.5, 0.6) is 0 Å². The number of amides is 1. The summed E-state index contributed by atoms with van der Waals surface area (Å²) >= 11 is 0. The van der Waals surface area contributed by atoms with Crippen LogP contribution < -0.4 is 0 Å². The van der Waals surface area contributed by atoms with Crippen molar-refractivity contribution >= 4 is 5.91 Å². The molecule has 0 bridgehead atoms. The molecular formula is C12H23NO3. The minimum absolute atomic E-state index is 0.0599. The summed E-state index contributed by atoms with van der Waals surface area (Å²) in [6.45, 7) is 8.74. The minimum atomic E-state index is 0.0599. The van der Waals surface area contributed by atoms with E-state index in [0.29, 0.717) is 19.7 Å². The van der Waals surface area contributed by atoms with Crippen LogP contribution >= 0.6 is 0 Å². The lowest BCUT2D eigenvalue weighted by Gasteiger charge is -2.35. The van der Waals surface area contributed by atoms with Gasteiger partial charge in [-0.25, -0.2) is 0 Å². The van der Waals surface area contributed by atoms with Gasteiger partial charge in [-0.2, -0.15) is 0 Å². The Morgan fingerprint density at radius 2 is 2.19 bits per heavy atom. The summed E-state index contributed by atoms with van der Waals surface area (Å²) in [6, 6.07) is 0. The maximum Gasteiger partial charge on any atom is 0.248 e. The average molecular weight is 229 g/mol. The zero-order chi connectivity index (χ0) is 12.2. The van der Waals surface area contributed by atoms with Crippen LogP contribution in [0.3, 0.4) is 0 Å². The second-order valence-corrected chi connectivity index (χ2v) is 5.53. The van der Waals surface area contributed by atoms with Crippen molar-refractivity contribution in [3.05, 3.63) is 0 Å². The van der Waals surface area contributed by atoms with Gasteiger partial charge in [-0.3, -0.25) is 4.79 Å². The van der Waals surface area contributed by atoms with E-state index in [1.165, 1.54) is 0 Å². The van der Waals surface area contributed by atoms with Crippen molar-refractivity contribution in [1.29, 1.82) is 0 Å². The van der Waals surface area contributed by atoms with Crippen LogP contribution in [0.1, 0.15) is 27.2 Å². The van der Waals surface area contributed by atoms with Gasteiger partial charge in [0.25, 0.3) is 0 Å². The van der Waals surface area contributed by atoms with E-state index >= 15 is 0 Å². The van der Waals surface area contributed by atoms with E-state index in [0.717, 1.165) is 6.42 Å². The number of hydrogen-bond acceptors (Lipinski definition) is 3. The summed E-state index contributed by atoms with van der Waals surface area (Å²) in [5.74, 6) is 0.0599. The summed E-state index contributed by atoms with van der Waals surface area (Å²) in [6.07, 6.45) is 1.14. The Morgan fingerprint density at radius 3 is 2.75 bits per heavy atom. The zero-order valence-corrected chi connectivity index (χ0v) is 10.8. The van der Waals surface area contributed by atoms with Crippen molar-refractivity contribution in [3.8, 4) is 0 Å². The van der Waals surface area contributed by atoms with Crippen LogP contribution in [-0.4, -0.2) is 50.3 Å². The van der Waals surface area contributed by atoms with E-state index < -0.39 is 0 Å². The predicted molar refractivity (Wildman–Crippen MR) is 62.3 cm³/mol. The van der Waals surface area contributed by atoms with Gasteiger partial charge in [-0.05, 0) is 11.8 Å². The summed E-state index contributed by atoms with van der Waals surface area (Å²) in [5, 5.41) is 0. The molecule has 16 heavy (non-hydrogen) atoms. The fraction of sp³-hybridized carbons (Fsp3) is 0.917. The molecule has 1 aliphatic rings. The monoisotopic (exact) mass is 229 g/mol. The Bertz CT molecular complexity index is 235. The van der Waals surface area contributed by atoms with Crippen LogP contribution in [0.2, 0.25) is 0 Å². The number of carbonyl (C=O) groups excluding carboxylic acids is 1. The first-order chi connectivity index (χ1) is 7.42. The Kier molecular flexibility index (Phi) is 4.74. The Balaban J connectivity index is 2.44. The van der Waals surface area contributed by atoms with E-state index in [9.17, 15) is 4.79 Å². The van der Waals surface area contributed by atoms with Crippen LogP contribution in [0.15, 0.2) is 0 Å². The number of rotatable bonds is 3. The quantitative estimate of drug-likeness (QED) is 0.732. The molecule has 1 rings (SSSR count). The van der Waals surface area contributed by atoms with Crippen molar-refractivity contribution in [1.82, 2.24) is 4.90 Å². The van der Waals surface area contributed by atoms with Gasteiger partial charge in [0.1, 0.15) is 6.61 Å². The molecule has 94 valence electrons. The SMILES string of the molecule is COCC(=O)N1CCOC(CC(C)(C)C)C1. The van der Waals surface area contributed by atoms with Gasteiger partial charge in [-0.1, -0.05) is 20.8 Å². The summed E-state index contributed by atoms with van der Waals surface area (Å²) in [5.41, 5.74) is 0.234. The highest BCUT2D eigenvalue weighted by atomic mass is 16.5. The van der Waals surface area contributed by atoms with Gasteiger partial charge < -0.3 is 14.4 Å². The molecule has 0 N–H and O–H groups in total. The summed E-state index contributed by atoms with van der Waals surface area (Å²) < 4.78 is 10.5. The molecule has 0 spiro atoms. The van der Waals surface area contributed by atoms with Gasteiger partial charge >= 0.3 is 0 Å². The maximum atomic E-state index is 11.7. The van der Waals surface area contributed by atoms with Crippen molar-refractivity contribution in [2.75, 3.05) is 33.4 Å². The molecule has 0 saturated carbocycles. The van der Waals surface area contributed by atoms with Gasteiger partial charge in [0.15, 0.2) is 0 Å². The largest absolute Gasteiger partial charge is 0.375 e. The van der Waals surface area contributed by atoms with Gasteiger partial charge in [0.05, 0.1) is 12.7 Å². The number of hydrogen-bond donors (Lipinski definition) is 0. The lowest BCUT2D eigenvalue weighted by molar-refractivity contribution is -0.143. The van der Waals surface area contributed by atoms with Crippen molar-refractivity contribution < 1.29 is 14.3 Å². The lowest BCUT2D eigenvalue weighted by atomic mass is 9.88. The molecule has 1 saturated heterocycles. The van der Waals surface area contributed by atoms with Crippen LogP contribution in [0.25, 0.3) is 0 Å². The molecule has 0 aromatic carbocycles. The van der Waals surface area contributed by atoms with Crippen LogP contribution in [0, 0.1) is 5.41 Å². The van der Waals surface area contributed by atoms with E-state index in [4.69, 9.17) is 9.47 Å². The summed E-state index contributed by atoms with van der Waals surface area (Å²) in [7, 11) is 1.55. The average Bonchev–Trinajstić information content (AvgIpc) is 2.16. The minimum Gasteiger partial charge on any atom is -0.375 e. The highest BCUT2D eigenvalue weighted by Crippen LogP contribution is 2.24. The molecule has 0 aromatic heterocycles. The van der Waals surface area contributed by atoms with E-state index in [1.807, 2.05) is 4.90 Å². The maximum absolute atomic E-state index is 11.7. The number of ether oxygens (including phenoxy) is 2. The molecule has 1 atom stereocenters. The summed E-state index contributed by atoms with van der Waals surface area (Å²) in [4.78, 5) is 13.5. The molecule has 0 aromatic rings.